The van der Waals surface area contributed by atoms with Crippen LogP contribution in [0.25, 0.3) is 11.1 Å². The van der Waals surface area contributed by atoms with Crippen LogP contribution in [-0.2, 0) is 16.0 Å². The number of anilines is 1. The van der Waals surface area contributed by atoms with E-state index in [0.29, 0.717) is 24.6 Å². The van der Waals surface area contributed by atoms with Crippen molar-refractivity contribution in [2.75, 3.05) is 12.3 Å². The summed E-state index contributed by atoms with van der Waals surface area (Å²) in [6, 6.07) is 10.6. The van der Waals surface area contributed by atoms with Gasteiger partial charge in [0.15, 0.2) is 5.78 Å². The SMILES string of the molecule is CC(C)[C@H](NCCc1ccc(-c2cc(C(=O)c3ccc(F)cc3F)c(N)[nH]c2=O)cc1)C(=O)OC(C)(C)C. The van der Waals surface area contributed by atoms with Crippen molar-refractivity contribution >= 4 is 17.6 Å². The Morgan fingerprint density at radius 1 is 1.03 bits per heavy atom. The second-order valence-electron chi connectivity index (χ2n) is 10.4. The second-order valence-corrected chi connectivity index (χ2v) is 10.4. The van der Waals surface area contributed by atoms with Crippen LogP contribution < -0.4 is 16.6 Å². The Balaban J connectivity index is 1.75. The zero-order chi connectivity index (χ0) is 28.2. The van der Waals surface area contributed by atoms with E-state index in [9.17, 15) is 23.2 Å². The van der Waals surface area contributed by atoms with Crippen LogP contribution in [-0.4, -0.2) is 34.9 Å². The first-order chi connectivity index (χ1) is 17.8. The lowest BCUT2D eigenvalue weighted by atomic mass is 9.98. The molecule has 0 unspecified atom stereocenters. The van der Waals surface area contributed by atoms with Gasteiger partial charge in [-0.1, -0.05) is 38.1 Å². The number of nitrogen functional groups attached to an aromatic ring is 1. The Labute approximate surface area is 220 Å². The van der Waals surface area contributed by atoms with Gasteiger partial charge in [0.05, 0.1) is 11.1 Å². The molecule has 0 radical (unpaired) electrons. The Morgan fingerprint density at radius 3 is 2.26 bits per heavy atom. The first-order valence-corrected chi connectivity index (χ1v) is 12.3. The quantitative estimate of drug-likeness (QED) is 0.277. The van der Waals surface area contributed by atoms with Gasteiger partial charge in [-0.05, 0) is 69.0 Å². The van der Waals surface area contributed by atoms with Crippen molar-refractivity contribution in [3.8, 4) is 11.1 Å². The summed E-state index contributed by atoms with van der Waals surface area (Å²) in [5, 5.41) is 3.26. The monoisotopic (exact) mass is 525 g/mol. The molecule has 1 aromatic heterocycles. The summed E-state index contributed by atoms with van der Waals surface area (Å²) in [7, 11) is 0. The Kier molecular flexibility index (Phi) is 8.83. The fourth-order valence-corrected chi connectivity index (χ4v) is 3.95. The molecule has 0 fully saturated rings. The largest absolute Gasteiger partial charge is 0.459 e. The molecule has 0 spiro atoms. The third-order valence-corrected chi connectivity index (χ3v) is 5.86. The van der Waals surface area contributed by atoms with E-state index in [0.717, 1.165) is 17.7 Å². The summed E-state index contributed by atoms with van der Waals surface area (Å²) in [5.41, 5.74) is 6.00. The van der Waals surface area contributed by atoms with Gasteiger partial charge in [0.25, 0.3) is 5.56 Å². The maximum atomic E-state index is 14.2. The number of rotatable bonds is 9. The lowest BCUT2D eigenvalue weighted by molar-refractivity contribution is -0.158. The first-order valence-electron chi connectivity index (χ1n) is 12.3. The third kappa shape index (κ3) is 7.13. The van der Waals surface area contributed by atoms with Gasteiger partial charge >= 0.3 is 5.97 Å². The van der Waals surface area contributed by atoms with Gasteiger partial charge in [-0.2, -0.15) is 0 Å². The highest BCUT2D eigenvalue weighted by Gasteiger charge is 2.27. The van der Waals surface area contributed by atoms with E-state index >= 15 is 0 Å². The Morgan fingerprint density at radius 2 is 1.68 bits per heavy atom. The van der Waals surface area contributed by atoms with E-state index in [1.807, 2.05) is 46.8 Å². The number of benzene rings is 2. The molecule has 0 saturated heterocycles. The molecule has 3 rings (SSSR count). The molecule has 9 heteroatoms. The number of carbonyl (C=O) groups is 2. The van der Waals surface area contributed by atoms with Crippen molar-refractivity contribution in [2.24, 2.45) is 5.92 Å². The number of halogens is 2. The number of nitrogens with one attached hydrogen (secondary N) is 2. The van der Waals surface area contributed by atoms with Gasteiger partial charge in [0.2, 0.25) is 0 Å². The van der Waals surface area contributed by atoms with Crippen molar-refractivity contribution in [2.45, 2.75) is 52.7 Å². The van der Waals surface area contributed by atoms with Gasteiger partial charge in [0, 0.05) is 11.6 Å². The van der Waals surface area contributed by atoms with Gasteiger partial charge in [-0.15, -0.1) is 0 Å². The molecule has 0 aliphatic carbocycles. The number of pyridine rings is 1. The average Bonchev–Trinajstić information content (AvgIpc) is 2.80. The first kappa shape index (κ1) is 28.7. The molecular weight excluding hydrogens is 492 g/mol. The number of ether oxygens (including phenoxy) is 1. The topological polar surface area (TPSA) is 114 Å². The highest BCUT2D eigenvalue weighted by molar-refractivity contribution is 6.12. The molecule has 0 aliphatic heterocycles. The van der Waals surface area contributed by atoms with Gasteiger partial charge in [-0.3, -0.25) is 14.4 Å². The van der Waals surface area contributed by atoms with E-state index in [2.05, 4.69) is 10.3 Å². The van der Waals surface area contributed by atoms with Crippen LogP contribution in [0.4, 0.5) is 14.6 Å². The molecule has 4 N–H and O–H groups in total. The minimum atomic E-state index is -1.02. The number of aromatic amines is 1. The number of hydrogen-bond acceptors (Lipinski definition) is 6. The number of nitrogens with two attached hydrogens (primary N) is 1. The van der Waals surface area contributed by atoms with Crippen molar-refractivity contribution in [3.05, 3.63) is 87.2 Å². The van der Waals surface area contributed by atoms with Crippen molar-refractivity contribution < 1.29 is 23.1 Å². The number of H-pyrrole nitrogens is 1. The van der Waals surface area contributed by atoms with Crippen molar-refractivity contribution in [3.63, 3.8) is 0 Å². The fourth-order valence-electron chi connectivity index (χ4n) is 3.95. The van der Waals surface area contributed by atoms with E-state index < -0.39 is 34.6 Å². The van der Waals surface area contributed by atoms with E-state index in [1.54, 1.807) is 12.1 Å². The summed E-state index contributed by atoms with van der Waals surface area (Å²) < 4.78 is 32.9. The van der Waals surface area contributed by atoms with Crippen LogP contribution in [0.5, 0.6) is 0 Å². The molecule has 1 atom stereocenters. The minimum absolute atomic E-state index is 0.0461. The Bertz CT molecular complexity index is 1380. The van der Waals surface area contributed by atoms with Crippen LogP contribution >= 0.6 is 0 Å². The molecular formula is C29H33F2N3O4. The van der Waals surface area contributed by atoms with E-state index in [1.165, 1.54) is 6.07 Å². The van der Waals surface area contributed by atoms with Gasteiger partial charge in [0.1, 0.15) is 29.1 Å². The highest BCUT2D eigenvalue weighted by atomic mass is 19.1. The Hall–Kier alpha value is -3.85. The summed E-state index contributed by atoms with van der Waals surface area (Å²) in [6.45, 7) is 9.92. The average molecular weight is 526 g/mol. The van der Waals surface area contributed by atoms with Crippen molar-refractivity contribution in [1.29, 1.82) is 0 Å². The zero-order valence-electron chi connectivity index (χ0n) is 22.2. The third-order valence-electron chi connectivity index (χ3n) is 5.86. The summed E-state index contributed by atoms with van der Waals surface area (Å²) >= 11 is 0. The van der Waals surface area contributed by atoms with Crippen LogP contribution in [0.15, 0.2) is 53.3 Å². The number of esters is 1. The van der Waals surface area contributed by atoms with E-state index in [4.69, 9.17) is 10.5 Å². The number of aromatic nitrogens is 1. The molecule has 7 nitrogen and oxygen atoms in total. The molecule has 2 aromatic carbocycles. The minimum Gasteiger partial charge on any atom is -0.459 e. The molecule has 0 amide bonds. The maximum absolute atomic E-state index is 14.2. The molecule has 1 heterocycles. The molecule has 202 valence electrons. The van der Waals surface area contributed by atoms with Crippen LogP contribution in [0.2, 0.25) is 0 Å². The molecule has 3 aromatic rings. The van der Waals surface area contributed by atoms with Crippen LogP contribution in [0, 0.1) is 17.6 Å². The second kappa shape index (κ2) is 11.7. The summed E-state index contributed by atoms with van der Waals surface area (Å²) in [5.74, 6) is -3.06. The standard InChI is InChI=1S/C29H33F2N3O4/c1-16(2)24(28(37)38-29(3,4)5)33-13-12-17-6-8-18(9-7-17)21-15-22(26(32)34-27(21)36)25(35)20-11-10-19(30)14-23(20)31/h6-11,14-16,24,33H,12-13H2,1-5H3,(H3,32,34,36)/t24-/m0/s1. The van der Waals surface area contributed by atoms with Crippen molar-refractivity contribution in [1.82, 2.24) is 10.3 Å². The normalized spacial score (nSPS) is 12.4. The summed E-state index contributed by atoms with van der Waals surface area (Å²) in [4.78, 5) is 40.4. The number of carbonyl (C=O) groups excluding carboxylic acids is 2. The predicted octanol–water partition coefficient (Wildman–Crippen LogP) is 4.63. The smallest absolute Gasteiger partial charge is 0.323 e. The molecule has 0 aliphatic rings. The molecule has 38 heavy (non-hydrogen) atoms. The predicted molar refractivity (Wildman–Crippen MR) is 143 cm³/mol. The zero-order valence-corrected chi connectivity index (χ0v) is 22.2. The lowest BCUT2D eigenvalue weighted by Crippen LogP contribution is -2.45. The summed E-state index contributed by atoms with van der Waals surface area (Å²) in [6.07, 6.45) is 0.623. The molecule has 0 bridgehead atoms. The maximum Gasteiger partial charge on any atom is 0.323 e. The molecule has 0 saturated carbocycles. The highest BCUT2D eigenvalue weighted by Crippen LogP contribution is 2.23. The lowest BCUT2D eigenvalue weighted by Gasteiger charge is -2.26. The number of ketones is 1. The van der Waals surface area contributed by atoms with Gasteiger partial charge in [-0.25, -0.2) is 8.78 Å². The van der Waals surface area contributed by atoms with Crippen LogP contribution in [0.3, 0.4) is 0 Å². The fraction of sp³-hybridized carbons (Fsp3) is 0.345. The van der Waals surface area contributed by atoms with Crippen LogP contribution in [0.1, 0.15) is 56.1 Å². The number of hydrogen-bond donors (Lipinski definition) is 3. The van der Waals surface area contributed by atoms with E-state index in [-0.39, 0.29) is 34.4 Å². The van der Waals surface area contributed by atoms with Gasteiger partial charge < -0.3 is 20.8 Å².